The van der Waals surface area contributed by atoms with Gasteiger partial charge in [-0.3, -0.25) is 9.59 Å². The number of hydrogen-bond donors (Lipinski definition) is 1. The molecule has 1 N–H and O–H groups in total. The summed E-state index contributed by atoms with van der Waals surface area (Å²) in [5, 5.41) is 2.86. The molecule has 1 fully saturated rings. The van der Waals surface area contributed by atoms with Crippen LogP contribution in [-0.2, 0) is 4.79 Å². The van der Waals surface area contributed by atoms with Gasteiger partial charge in [0.2, 0.25) is 5.91 Å². The first kappa shape index (κ1) is 19.9. The van der Waals surface area contributed by atoms with Gasteiger partial charge in [-0.25, -0.2) is 0 Å². The molecule has 0 atom stereocenters. The Morgan fingerprint density at radius 1 is 1.11 bits per heavy atom. The minimum absolute atomic E-state index is 0.00850. The standard InChI is InChI=1S/C19H23BrN4O2S/c1-22-9-11-24(12-10-22)15-5-3-14(4-6-15)21-18(25)13-23(2)19(26)16-7-8-17(20)27-16/h3-8H,9-13H2,1-2H3,(H,21,25). The molecule has 27 heavy (non-hydrogen) atoms. The molecule has 0 radical (unpaired) electrons. The van der Waals surface area contributed by atoms with Crippen LogP contribution >= 0.6 is 27.3 Å². The molecule has 3 rings (SSSR count). The van der Waals surface area contributed by atoms with E-state index < -0.39 is 0 Å². The predicted octanol–water partition coefficient (Wildman–Crippen LogP) is 2.97. The van der Waals surface area contributed by atoms with Crippen molar-refractivity contribution in [1.82, 2.24) is 9.80 Å². The number of nitrogens with one attached hydrogen (secondary N) is 1. The number of hydrogen-bond acceptors (Lipinski definition) is 5. The van der Waals surface area contributed by atoms with Crippen LogP contribution in [0, 0.1) is 0 Å². The third-order valence-corrected chi connectivity index (χ3v) is 6.14. The monoisotopic (exact) mass is 450 g/mol. The molecule has 1 saturated heterocycles. The predicted molar refractivity (Wildman–Crippen MR) is 114 cm³/mol. The van der Waals surface area contributed by atoms with E-state index in [-0.39, 0.29) is 18.4 Å². The topological polar surface area (TPSA) is 55.9 Å². The van der Waals surface area contributed by atoms with E-state index in [0.29, 0.717) is 4.88 Å². The quantitative estimate of drug-likeness (QED) is 0.760. The molecule has 0 unspecified atom stereocenters. The zero-order valence-corrected chi connectivity index (χ0v) is 17.8. The molecule has 1 aliphatic rings. The van der Waals surface area contributed by atoms with Crippen molar-refractivity contribution >= 4 is 50.5 Å². The van der Waals surface area contributed by atoms with Gasteiger partial charge in [0, 0.05) is 44.6 Å². The Morgan fingerprint density at radius 3 is 2.37 bits per heavy atom. The van der Waals surface area contributed by atoms with Crippen LogP contribution in [0.3, 0.4) is 0 Å². The molecule has 0 aliphatic carbocycles. The molecule has 8 heteroatoms. The molecule has 1 aromatic heterocycles. The average Bonchev–Trinajstić information content (AvgIpc) is 3.08. The number of amides is 2. The second-order valence-electron chi connectivity index (χ2n) is 6.65. The van der Waals surface area contributed by atoms with Gasteiger partial charge >= 0.3 is 0 Å². The van der Waals surface area contributed by atoms with Crippen molar-refractivity contribution in [2.24, 2.45) is 0 Å². The van der Waals surface area contributed by atoms with E-state index >= 15 is 0 Å². The lowest BCUT2D eigenvalue weighted by molar-refractivity contribution is -0.116. The summed E-state index contributed by atoms with van der Waals surface area (Å²) in [7, 11) is 3.76. The first-order valence-electron chi connectivity index (χ1n) is 8.76. The Morgan fingerprint density at radius 2 is 1.78 bits per heavy atom. The number of likely N-dealkylation sites (N-methyl/N-ethyl adjacent to an activating group) is 2. The first-order valence-corrected chi connectivity index (χ1v) is 10.4. The van der Waals surface area contributed by atoms with Gasteiger partial charge in [0.25, 0.3) is 5.91 Å². The minimum Gasteiger partial charge on any atom is -0.369 e. The van der Waals surface area contributed by atoms with Crippen LogP contribution in [0.5, 0.6) is 0 Å². The van der Waals surface area contributed by atoms with Crippen molar-refractivity contribution in [2.75, 3.05) is 57.0 Å². The highest BCUT2D eigenvalue weighted by Crippen LogP contribution is 2.23. The zero-order chi connectivity index (χ0) is 19.4. The van der Waals surface area contributed by atoms with Crippen molar-refractivity contribution in [2.45, 2.75) is 0 Å². The van der Waals surface area contributed by atoms with E-state index in [1.165, 1.54) is 16.2 Å². The number of anilines is 2. The fourth-order valence-corrected chi connectivity index (χ4v) is 4.31. The largest absolute Gasteiger partial charge is 0.369 e. The highest BCUT2D eigenvalue weighted by molar-refractivity contribution is 9.11. The van der Waals surface area contributed by atoms with Crippen LogP contribution in [-0.4, -0.2) is 68.4 Å². The number of thiophene rings is 1. The molecular weight excluding hydrogens is 428 g/mol. The van der Waals surface area contributed by atoms with Crippen LogP contribution in [0.1, 0.15) is 9.67 Å². The molecule has 0 bridgehead atoms. The van der Waals surface area contributed by atoms with Crippen LogP contribution in [0.4, 0.5) is 11.4 Å². The number of nitrogens with zero attached hydrogens (tertiary/aromatic N) is 3. The van der Waals surface area contributed by atoms with Crippen molar-refractivity contribution in [3.8, 4) is 0 Å². The molecule has 0 spiro atoms. The number of carbonyl (C=O) groups excluding carboxylic acids is 2. The van der Waals surface area contributed by atoms with Gasteiger partial charge < -0.3 is 20.0 Å². The Kier molecular flexibility index (Phi) is 6.51. The summed E-state index contributed by atoms with van der Waals surface area (Å²) < 4.78 is 0.893. The third-order valence-electron chi connectivity index (χ3n) is 4.53. The molecule has 0 saturated carbocycles. The number of piperazine rings is 1. The van der Waals surface area contributed by atoms with Crippen molar-refractivity contribution in [3.63, 3.8) is 0 Å². The highest BCUT2D eigenvalue weighted by Gasteiger charge is 2.17. The number of rotatable bonds is 5. The summed E-state index contributed by atoms with van der Waals surface area (Å²) in [5.74, 6) is -0.375. The Hall–Kier alpha value is -1.90. The summed E-state index contributed by atoms with van der Waals surface area (Å²) in [6, 6.07) is 11.4. The highest BCUT2D eigenvalue weighted by atomic mass is 79.9. The van der Waals surface area contributed by atoms with Gasteiger partial charge in [-0.1, -0.05) is 0 Å². The SMILES string of the molecule is CN1CCN(c2ccc(NC(=O)CN(C)C(=O)c3ccc(Br)s3)cc2)CC1. The Labute approximate surface area is 171 Å². The fraction of sp³-hybridized carbons (Fsp3) is 0.368. The van der Waals surface area contributed by atoms with Gasteiger partial charge in [0.05, 0.1) is 15.2 Å². The van der Waals surface area contributed by atoms with Crippen molar-refractivity contribution < 1.29 is 9.59 Å². The molecule has 2 amide bonds. The maximum Gasteiger partial charge on any atom is 0.264 e. The van der Waals surface area contributed by atoms with Crippen molar-refractivity contribution in [1.29, 1.82) is 0 Å². The maximum absolute atomic E-state index is 12.3. The summed E-state index contributed by atoms with van der Waals surface area (Å²) in [6.07, 6.45) is 0. The van der Waals surface area contributed by atoms with E-state index in [4.69, 9.17) is 0 Å². The second kappa shape index (κ2) is 8.86. The Bertz CT molecular complexity index is 800. The summed E-state index contributed by atoms with van der Waals surface area (Å²) >= 11 is 4.70. The van der Waals surface area contributed by atoms with Gasteiger partial charge in [-0.2, -0.15) is 0 Å². The second-order valence-corrected chi connectivity index (χ2v) is 9.11. The van der Waals surface area contributed by atoms with Crippen LogP contribution < -0.4 is 10.2 Å². The summed E-state index contributed by atoms with van der Waals surface area (Å²) in [4.78, 5) is 31.3. The number of carbonyl (C=O) groups is 2. The van der Waals surface area contributed by atoms with Crippen molar-refractivity contribution in [3.05, 3.63) is 45.1 Å². The minimum atomic E-state index is -0.214. The smallest absolute Gasteiger partial charge is 0.264 e. The zero-order valence-electron chi connectivity index (χ0n) is 15.4. The lowest BCUT2D eigenvalue weighted by atomic mass is 10.2. The molecule has 6 nitrogen and oxygen atoms in total. The average molecular weight is 451 g/mol. The Balaban J connectivity index is 1.52. The molecule has 2 aromatic rings. The molecule has 144 valence electrons. The maximum atomic E-state index is 12.3. The van der Waals surface area contributed by atoms with Gasteiger partial charge in [0.1, 0.15) is 0 Å². The van der Waals surface area contributed by atoms with E-state index in [0.717, 1.165) is 41.3 Å². The lowest BCUT2D eigenvalue weighted by Crippen LogP contribution is -2.44. The van der Waals surface area contributed by atoms with Gasteiger partial charge in [0.15, 0.2) is 0 Å². The normalized spacial score (nSPS) is 14.9. The van der Waals surface area contributed by atoms with E-state index in [2.05, 4.69) is 38.1 Å². The number of halogens is 1. The first-order chi connectivity index (χ1) is 12.9. The van der Waals surface area contributed by atoms with Crippen LogP contribution in [0.2, 0.25) is 0 Å². The van der Waals surface area contributed by atoms with E-state index in [1.807, 2.05) is 30.3 Å². The number of benzene rings is 1. The molecular formula is C19H23BrN4O2S. The van der Waals surface area contributed by atoms with E-state index in [1.54, 1.807) is 13.1 Å². The lowest BCUT2D eigenvalue weighted by Gasteiger charge is -2.34. The fourth-order valence-electron chi connectivity index (χ4n) is 2.93. The summed E-state index contributed by atoms with van der Waals surface area (Å²) in [5.41, 5.74) is 1.90. The molecule has 2 heterocycles. The van der Waals surface area contributed by atoms with Gasteiger partial charge in [-0.05, 0) is 59.4 Å². The van der Waals surface area contributed by atoms with Crippen LogP contribution in [0.25, 0.3) is 0 Å². The van der Waals surface area contributed by atoms with Gasteiger partial charge in [-0.15, -0.1) is 11.3 Å². The summed E-state index contributed by atoms with van der Waals surface area (Å²) in [6.45, 7) is 4.13. The van der Waals surface area contributed by atoms with Crippen LogP contribution in [0.15, 0.2) is 40.2 Å². The third kappa shape index (κ3) is 5.31. The van der Waals surface area contributed by atoms with E-state index in [9.17, 15) is 9.59 Å². The molecule has 1 aliphatic heterocycles. The molecule has 1 aromatic carbocycles.